The number of guanidine groups is 1. The number of carbonyl (C=O) groups is 1. The molecule has 2 aliphatic heterocycles. The molecule has 26 heavy (non-hydrogen) atoms. The number of amides is 1. The minimum atomic E-state index is -0.208. The largest absolute Gasteiger partial charge is 0.450 e. The summed E-state index contributed by atoms with van der Waals surface area (Å²) in [7, 11) is 6.07. The zero-order valence-electron chi connectivity index (χ0n) is 16.7. The highest BCUT2D eigenvalue weighted by atomic mass is 16.6. The van der Waals surface area contributed by atoms with Crippen LogP contribution in [0.15, 0.2) is 4.99 Å². The first-order valence-corrected chi connectivity index (χ1v) is 9.65. The van der Waals surface area contributed by atoms with Crippen molar-refractivity contribution in [2.24, 2.45) is 4.99 Å². The van der Waals surface area contributed by atoms with Crippen LogP contribution < -0.4 is 10.6 Å². The molecule has 2 rings (SSSR count). The average molecular weight is 370 g/mol. The van der Waals surface area contributed by atoms with E-state index in [0.29, 0.717) is 25.7 Å². The van der Waals surface area contributed by atoms with Crippen molar-refractivity contribution in [2.45, 2.75) is 44.2 Å². The summed E-state index contributed by atoms with van der Waals surface area (Å²) in [4.78, 5) is 20.3. The number of aliphatic imine (C=N–C) groups is 1. The third-order valence-electron chi connectivity index (χ3n) is 5.54. The van der Waals surface area contributed by atoms with Crippen molar-refractivity contribution >= 4 is 12.1 Å². The fourth-order valence-electron chi connectivity index (χ4n) is 3.59. The molecule has 1 amide bonds. The topological polar surface area (TPSA) is 78.4 Å². The van der Waals surface area contributed by atoms with Gasteiger partial charge in [0.2, 0.25) is 0 Å². The zero-order chi connectivity index (χ0) is 19.0. The minimum Gasteiger partial charge on any atom is -0.450 e. The smallest absolute Gasteiger partial charge is 0.409 e. The van der Waals surface area contributed by atoms with Crippen LogP contribution in [0.3, 0.4) is 0 Å². The van der Waals surface area contributed by atoms with E-state index in [0.717, 1.165) is 51.4 Å². The summed E-state index contributed by atoms with van der Waals surface area (Å²) in [5.41, 5.74) is 0.100. The summed E-state index contributed by atoms with van der Waals surface area (Å²) in [6.07, 6.45) is 3.61. The summed E-state index contributed by atoms with van der Waals surface area (Å²) < 4.78 is 10.6. The van der Waals surface area contributed by atoms with Crippen LogP contribution in [-0.2, 0) is 9.47 Å². The molecule has 2 N–H and O–H groups in total. The van der Waals surface area contributed by atoms with Crippen LogP contribution in [0, 0.1) is 0 Å². The predicted octanol–water partition coefficient (Wildman–Crippen LogP) is 0.883. The van der Waals surface area contributed by atoms with Crippen molar-refractivity contribution in [1.29, 1.82) is 0 Å². The number of carbonyl (C=O) groups excluding carboxylic acids is 1. The van der Waals surface area contributed by atoms with Gasteiger partial charge in [-0.2, -0.15) is 0 Å². The normalized spacial score (nSPS) is 21.6. The Hall–Kier alpha value is -1.54. The molecule has 2 aliphatic rings. The maximum absolute atomic E-state index is 11.8. The Kier molecular flexibility index (Phi) is 7.96. The second kappa shape index (κ2) is 9.97. The molecule has 0 aromatic carbocycles. The Balaban J connectivity index is 1.80. The van der Waals surface area contributed by atoms with Crippen LogP contribution in [0.2, 0.25) is 0 Å². The lowest BCUT2D eigenvalue weighted by molar-refractivity contribution is -0.00504. The average Bonchev–Trinajstić information content (AvgIpc) is 2.66. The van der Waals surface area contributed by atoms with E-state index in [2.05, 4.69) is 34.6 Å². The summed E-state index contributed by atoms with van der Waals surface area (Å²) in [5.74, 6) is 0.826. The molecule has 0 saturated carbocycles. The number of nitrogens with zero attached hydrogens (tertiary/aromatic N) is 3. The van der Waals surface area contributed by atoms with Gasteiger partial charge in [-0.3, -0.25) is 4.99 Å². The van der Waals surface area contributed by atoms with Gasteiger partial charge in [0.25, 0.3) is 0 Å². The summed E-state index contributed by atoms with van der Waals surface area (Å²) in [6.45, 7) is 6.13. The van der Waals surface area contributed by atoms with Gasteiger partial charge in [-0.25, -0.2) is 4.79 Å². The van der Waals surface area contributed by atoms with E-state index in [4.69, 9.17) is 9.47 Å². The van der Waals surface area contributed by atoms with Crippen molar-refractivity contribution in [3.63, 3.8) is 0 Å². The molecule has 8 nitrogen and oxygen atoms in total. The molecule has 0 aromatic heterocycles. The van der Waals surface area contributed by atoms with Crippen LogP contribution >= 0.6 is 0 Å². The van der Waals surface area contributed by atoms with E-state index >= 15 is 0 Å². The van der Waals surface area contributed by atoms with E-state index in [1.54, 1.807) is 11.9 Å². The molecule has 0 aromatic rings. The molecular formula is C18H35N5O3. The van der Waals surface area contributed by atoms with Crippen molar-refractivity contribution in [3.8, 4) is 0 Å². The fraction of sp³-hybridized carbons (Fsp3) is 0.889. The number of likely N-dealkylation sites (tertiary alicyclic amines) is 1. The third kappa shape index (κ3) is 5.48. The number of rotatable bonds is 5. The van der Waals surface area contributed by atoms with E-state index < -0.39 is 0 Å². The van der Waals surface area contributed by atoms with Crippen molar-refractivity contribution in [3.05, 3.63) is 0 Å². The Morgan fingerprint density at radius 1 is 1.31 bits per heavy atom. The van der Waals surface area contributed by atoms with Gasteiger partial charge in [0.1, 0.15) is 0 Å². The highest BCUT2D eigenvalue weighted by molar-refractivity contribution is 5.80. The van der Waals surface area contributed by atoms with Gasteiger partial charge in [0.15, 0.2) is 5.96 Å². The molecule has 0 unspecified atom stereocenters. The molecule has 0 spiro atoms. The molecule has 2 heterocycles. The number of likely N-dealkylation sites (N-methyl/N-ethyl adjacent to an activating group) is 1. The predicted molar refractivity (Wildman–Crippen MR) is 103 cm³/mol. The van der Waals surface area contributed by atoms with Gasteiger partial charge >= 0.3 is 6.09 Å². The Morgan fingerprint density at radius 3 is 2.50 bits per heavy atom. The summed E-state index contributed by atoms with van der Waals surface area (Å²) in [5, 5.41) is 7.00. The van der Waals surface area contributed by atoms with E-state index in [-0.39, 0.29) is 11.6 Å². The minimum absolute atomic E-state index is 0.100. The van der Waals surface area contributed by atoms with Crippen LogP contribution in [0.25, 0.3) is 0 Å². The summed E-state index contributed by atoms with van der Waals surface area (Å²) >= 11 is 0. The maximum Gasteiger partial charge on any atom is 0.409 e. The van der Waals surface area contributed by atoms with Gasteiger partial charge in [-0.1, -0.05) is 0 Å². The molecular weight excluding hydrogens is 334 g/mol. The highest BCUT2D eigenvalue weighted by Crippen LogP contribution is 2.25. The monoisotopic (exact) mass is 369 g/mol. The van der Waals surface area contributed by atoms with Crippen molar-refractivity contribution < 1.29 is 14.3 Å². The number of nitrogens with one attached hydrogen (secondary N) is 2. The first-order chi connectivity index (χ1) is 12.5. The molecule has 0 radical (unpaired) electrons. The SMILES string of the molecule is CCOC(=O)N1CCC(NC(=NC)NCC2(N(C)C)CCOCC2)CC1. The molecule has 2 fully saturated rings. The molecule has 0 aliphatic carbocycles. The third-order valence-corrected chi connectivity index (χ3v) is 5.54. The Labute approximate surface area is 157 Å². The lowest BCUT2D eigenvalue weighted by Gasteiger charge is -2.43. The van der Waals surface area contributed by atoms with Crippen molar-refractivity contribution in [1.82, 2.24) is 20.4 Å². The molecule has 8 heteroatoms. The number of ether oxygens (including phenoxy) is 2. The van der Waals surface area contributed by atoms with E-state index in [9.17, 15) is 4.79 Å². The van der Waals surface area contributed by atoms with Gasteiger partial charge in [0.05, 0.1) is 6.61 Å². The quantitative estimate of drug-likeness (QED) is 0.553. The van der Waals surface area contributed by atoms with Gasteiger partial charge in [-0.15, -0.1) is 0 Å². The summed E-state index contributed by atoms with van der Waals surface area (Å²) in [6, 6.07) is 0.317. The van der Waals surface area contributed by atoms with Crippen LogP contribution in [0.5, 0.6) is 0 Å². The Morgan fingerprint density at radius 2 is 1.96 bits per heavy atom. The second-order valence-corrected chi connectivity index (χ2v) is 7.26. The molecule has 0 atom stereocenters. The Bertz CT molecular complexity index is 469. The molecule has 150 valence electrons. The van der Waals surface area contributed by atoms with Gasteiger partial charge in [0, 0.05) is 51.5 Å². The van der Waals surface area contributed by atoms with Gasteiger partial charge in [-0.05, 0) is 46.7 Å². The second-order valence-electron chi connectivity index (χ2n) is 7.26. The number of piperidine rings is 1. The van der Waals surface area contributed by atoms with E-state index in [1.165, 1.54) is 0 Å². The standard InChI is InChI=1S/C18H35N5O3/c1-5-26-17(24)23-10-6-15(7-11-23)21-16(19-2)20-14-18(22(3)4)8-12-25-13-9-18/h15H,5-14H2,1-4H3,(H2,19,20,21). The number of hydrogen-bond donors (Lipinski definition) is 2. The lowest BCUT2D eigenvalue weighted by atomic mass is 9.88. The fourth-order valence-corrected chi connectivity index (χ4v) is 3.59. The molecule has 0 bridgehead atoms. The van der Waals surface area contributed by atoms with Crippen LogP contribution in [0.1, 0.15) is 32.6 Å². The van der Waals surface area contributed by atoms with Gasteiger partial charge < -0.3 is 29.9 Å². The highest BCUT2D eigenvalue weighted by Gasteiger charge is 2.35. The van der Waals surface area contributed by atoms with Crippen molar-refractivity contribution in [2.75, 3.05) is 60.6 Å². The maximum atomic E-state index is 11.8. The molecule has 2 saturated heterocycles. The first-order valence-electron chi connectivity index (χ1n) is 9.65. The number of hydrogen-bond acceptors (Lipinski definition) is 5. The van der Waals surface area contributed by atoms with E-state index in [1.807, 2.05) is 6.92 Å². The lowest BCUT2D eigenvalue weighted by Crippen LogP contribution is -2.58. The van der Waals surface area contributed by atoms with Crippen LogP contribution in [-0.4, -0.2) is 94.0 Å². The van der Waals surface area contributed by atoms with Crippen LogP contribution in [0.4, 0.5) is 4.79 Å². The zero-order valence-corrected chi connectivity index (χ0v) is 16.7. The first kappa shape index (κ1) is 20.8.